The molecule has 0 aliphatic carbocycles. The van der Waals surface area contributed by atoms with E-state index < -0.39 is 17.9 Å². The molecule has 0 aromatic heterocycles. The molecule has 7 nitrogen and oxygen atoms in total. The molecule has 0 unspecified atom stereocenters. The molecule has 0 bridgehead atoms. The van der Waals surface area contributed by atoms with Gasteiger partial charge in [0.25, 0.3) is 0 Å². The lowest BCUT2D eigenvalue weighted by Gasteiger charge is -2.10. The van der Waals surface area contributed by atoms with Crippen LogP contribution < -0.4 is 15.2 Å². The maximum atomic E-state index is 12.3. The van der Waals surface area contributed by atoms with Gasteiger partial charge >= 0.3 is 17.9 Å². The van der Waals surface area contributed by atoms with Crippen LogP contribution in [-0.2, 0) is 4.79 Å². The van der Waals surface area contributed by atoms with Gasteiger partial charge in [-0.2, -0.15) is 0 Å². The molecule has 0 aliphatic rings. The monoisotopic (exact) mass is 315 g/mol. The molecular formula is C16H13NO6. The second-order valence-electron chi connectivity index (χ2n) is 4.54. The number of aromatic carboxylic acids is 1. The highest BCUT2D eigenvalue weighted by Gasteiger charge is 2.19. The number of rotatable bonds is 4. The Hall–Kier alpha value is -3.35. The van der Waals surface area contributed by atoms with Crippen LogP contribution in [0.2, 0.25) is 0 Å². The van der Waals surface area contributed by atoms with E-state index in [4.69, 9.17) is 20.3 Å². The van der Waals surface area contributed by atoms with Crippen molar-refractivity contribution in [2.45, 2.75) is 6.92 Å². The lowest BCUT2D eigenvalue weighted by atomic mass is 10.1. The van der Waals surface area contributed by atoms with E-state index in [1.807, 2.05) is 0 Å². The van der Waals surface area contributed by atoms with Gasteiger partial charge in [-0.1, -0.05) is 12.1 Å². The number of nitrogen functional groups attached to an aromatic ring is 1. The van der Waals surface area contributed by atoms with Crippen LogP contribution in [0.25, 0.3) is 0 Å². The number of ether oxygens (including phenoxy) is 2. The van der Waals surface area contributed by atoms with Gasteiger partial charge in [-0.05, 0) is 24.3 Å². The molecule has 0 atom stereocenters. The molecule has 0 radical (unpaired) electrons. The lowest BCUT2D eigenvalue weighted by molar-refractivity contribution is -0.131. The minimum Gasteiger partial charge on any atom is -0.478 e. The molecule has 0 aliphatic heterocycles. The number of carbonyl (C=O) groups excluding carboxylic acids is 2. The molecule has 0 spiro atoms. The summed E-state index contributed by atoms with van der Waals surface area (Å²) in [5, 5.41) is 9.11. The third kappa shape index (κ3) is 3.85. The molecular weight excluding hydrogens is 302 g/mol. The summed E-state index contributed by atoms with van der Waals surface area (Å²) in [6, 6.07) is 9.81. The number of para-hydroxylation sites is 1. The molecule has 0 heterocycles. The third-order valence-corrected chi connectivity index (χ3v) is 2.80. The maximum absolute atomic E-state index is 12.3. The first-order valence-corrected chi connectivity index (χ1v) is 6.51. The maximum Gasteiger partial charge on any atom is 0.347 e. The Kier molecular flexibility index (Phi) is 4.61. The number of carboxylic acids is 1. The number of anilines is 1. The first-order chi connectivity index (χ1) is 10.9. The smallest absolute Gasteiger partial charge is 0.347 e. The second kappa shape index (κ2) is 6.61. The van der Waals surface area contributed by atoms with Crippen molar-refractivity contribution in [3.8, 4) is 11.5 Å². The molecule has 2 rings (SSSR count). The summed E-state index contributed by atoms with van der Waals surface area (Å²) >= 11 is 0. The van der Waals surface area contributed by atoms with Crippen molar-refractivity contribution < 1.29 is 29.0 Å². The summed E-state index contributed by atoms with van der Waals surface area (Å²) in [4.78, 5) is 34.5. The van der Waals surface area contributed by atoms with E-state index in [1.54, 1.807) is 12.1 Å². The molecule has 2 aromatic carbocycles. The Balaban J connectivity index is 2.35. The predicted molar refractivity (Wildman–Crippen MR) is 80.5 cm³/mol. The van der Waals surface area contributed by atoms with Crippen molar-refractivity contribution in [3.05, 3.63) is 53.6 Å². The van der Waals surface area contributed by atoms with Crippen LogP contribution in [0.1, 0.15) is 27.6 Å². The van der Waals surface area contributed by atoms with Crippen molar-refractivity contribution in [3.63, 3.8) is 0 Å². The number of benzene rings is 2. The molecule has 23 heavy (non-hydrogen) atoms. The second-order valence-corrected chi connectivity index (χ2v) is 4.54. The molecule has 2 aromatic rings. The van der Waals surface area contributed by atoms with E-state index in [2.05, 4.69) is 0 Å². The van der Waals surface area contributed by atoms with Crippen LogP contribution in [0.3, 0.4) is 0 Å². The number of carbonyl (C=O) groups is 3. The minimum absolute atomic E-state index is 0.0125. The summed E-state index contributed by atoms with van der Waals surface area (Å²) in [5.41, 5.74) is 5.60. The van der Waals surface area contributed by atoms with Crippen molar-refractivity contribution in [1.29, 1.82) is 0 Å². The van der Waals surface area contributed by atoms with Gasteiger partial charge in [0.1, 0.15) is 22.6 Å². The Morgan fingerprint density at radius 1 is 0.957 bits per heavy atom. The average molecular weight is 315 g/mol. The summed E-state index contributed by atoms with van der Waals surface area (Å²) < 4.78 is 10.0. The van der Waals surface area contributed by atoms with Gasteiger partial charge in [0.15, 0.2) is 0 Å². The Morgan fingerprint density at radius 3 is 2.30 bits per heavy atom. The van der Waals surface area contributed by atoms with Gasteiger partial charge in [-0.25, -0.2) is 9.59 Å². The molecule has 0 fully saturated rings. The summed E-state index contributed by atoms with van der Waals surface area (Å²) in [6.07, 6.45) is 0. The first-order valence-electron chi connectivity index (χ1n) is 6.51. The van der Waals surface area contributed by atoms with Crippen molar-refractivity contribution in [2.75, 3.05) is 5.73 Å². The predicted octanol–water partition coefficient (Wildman–Crippen LogP) is 2.11. The van der Waals surface area contributed by atoms with Gasteiger partial charge in [-0.3, -0.25) is 4.79 Å². The van der Waals surface area contributed by atoms with E-state index in [1.165, 1.54) is 37.3 Å². The van der Waals surface area contributed by atoms with Gasteiger partial charge in [0.2, 0.25) is 0 Å². The number of carboxylic acid groups (broad SMARTS) is 1. The zero-order valence-electron chi connectivity index (χ0n) is 12.1. The summed E-state index contributed by atoms with van der Waals surface area (Å²) in [7, 11) is 0. The molecule has 3 N–H and O–H groups in total. The van der Waals surface area contributed by atoms with Crippen LogP contribution in [-0.4, -0.2) is 23.0 Å². The molecule has 7 heteroatoms. The fourth-order valence-electron chi connectivity index (χ4n) is 1.83. The quantitative estimate of drug-likeness (QED) is 0.504. The standard InChI is InChI=1S/C16H13NO6/c1-9(18)22-13-5-3-2-4-12(13)16(21)23-14-8-10(17)6-7-11(14)15(19)20/h2-8H,17H2,1H3,(H,19,20). The van der Waals surface area contributed by atoms with Crippen LogP contribution in [0, 0.1) is 0 Å². The fourth-order valence-corrected chi connectivity index (χ4v) is 1.83. The zero-order valence-corrected chi connectivity index (χ0v) is 12.1. The Bertz CT molecular complexity index is 784. The third-order valence-electron chi connectivity index (χ3n) is 2.80. The van der Waals surface area contributed by atoms with E-state index >= 15 is 0 Å². The molecule has 0 saturated carbocycles. The fraction of sp³-hybridized carbons (Fsp3) is 0.0625. The number of nitrogens with two attached hydrogens (primary N) is 1. The topological polar surface area (TPSA) is 116 Å². The van der Waals surface area contributed by atoms with Crippen molar-refractivity contribution >= 4 is 23.6 Å². The SMILES string of the molecule is CC(=O)Oc1ccccc1C(=O)Oc1cc(N)ccc1C(=O)O. The van der Waals surface area contributed by atoms with E-state index in [0.29, 0.717) is 0 Å². The number of hydrogen-bond donors (Lipinski definition) is 2. The first kappa shape index (κ1) is 16.0. The lowest BCUT2D eigenvalue weighted by Crippen LogP contribution is -2.14. The molecule has 0 saturated heterocycles. The summed E-state index contributed by atoms with van der Waals surface area (Å²) in [6.45, 7) is 1.20. The van der Waals surface area contributed by atoms with E-state index in [9.17, 15) is 14.4 Å². The van der Waals surface area contributed by atoms with Crippen LogP contribution in [0.5, 0.6) is 11.5 Å². The van der Waals surface area contributed by atoms with Crippen LogP contribution >= 0.6 is 0 Å². The Labute approximate surface area is 131 Å². The van der Waals surface area contributed by atoms with Gasteiger partial charge < -0.3 is 20.3 Å². The van der Waals surface area contributed by atoms with Gasteiger partial charge in [-0.15, -0.1) is 0 Å². The van der Waals surface area contributed by atoms with Crippen molar-refractivity contribution in [1.82, 2.24) is 0 Å². The van der Waals surface area contributed by atoms with Crippen LogP contribution in [0.4, 0.5) is 5.69 Å². The van der Waals surface area contributed by atoms with Gasteiger partial charge in [0, 0.05) is 18.7 Å². The largest absolute Gasteiger partial charge is 0.478 e. The zero-order chi connectivity index (χ0) is 17.0. The minimum atomic E-state index is -1.26. The van der Waals surface area contributed by atoms with Gasteiger partial charge in [0.05, 0.1) is 0 Å². The van der Waals surface area contributed by atoms with E-state index in [-0.39, 0.29) is 28.3 Å². The Morgan fingerprint density at radius 2 is 1.65 bits per heavy atom. The van der Waals surface area contributed by atoms with Crippen LogP contribution in [0.15, 0.2) is 42.5 Å². The summed E-state index contributed by atoms with van der Waals surface area (Å²) in [5.74, 6) is -2.90. The van der Waals surface area contributed by atoms with Crippen molar-refractivity contribution in [2.24, 2.45) is 0 Å². The number of esters is 2. The molecule has 118 valence electrons. The highest BCUT2D eigenvalue weighted by atomic mass is 16.5. The highest BCUT2D eigenvalue weighted by Crippen LogP contribution is 2.25. The van der Waals surface area contributed by atoms with E-state index in [0.717, 1.165) is 0 Å². The normalized spacial score (nSPS) is 9.96. The highest BCUT2D eigenvalue weighted by molar-refractivity contribution is 5.97. The average Bonchev–Trinajstić information content (AvgIpc) is 2.46. The molecule has 0 amide bonds. The number of hydrogen-bond acceptors (Lipinski definition) is 6.